The standard InChI is InChI=1S/C19H23NO3/c1-13(2)20(18(22)23-19(3,4)5)17(21)16-12-8-10-14-9-6-7-11-15(14)16/h6-13H,1-5H3. The SMILES string of the molecule is CC(C)N(C(=O)OC(C)(C)C)C(=O)c1cccc2ccccc12. The third-order valence-electron chi connectivity index (χ3n) is 3.35. The number of hydrogen-bond donors (Lipinski definition) is 0. The van der Waals surface area contributed by atoms with Crippen molar-refractivity contribution in [2.45, 2.75) is 46.3 Å². The van der Waals surface area contributed by atoms with Crippen molar-refractivity contribution in [3.63, 3.8) is 0 Å². The van der Waals surface area contributed by atoms with E-state index < -0.39 is 11.7 Å². The van der Waals surface area contributed by atoms with Crippen LogP contribution in [0.2, 0.25) is 0 Å². The number of rotatable bonds is 2. The zero-order chi connectivity index (χ0) is 17.2. The van der Waals surface area contributed by atoms with Crippen LogP contribution in [0, 0.1) is 0 Å². The summed E-state index contributed by atoms with van der Waals surface area (Å²) in [6.45, 7) is 8.95. The third-order valence-corrected chi connectivity index (χ3v) is 3.35. The van der Waals surface area contributed by atoms with Crippen molar-refractivity contribution >= 4 is 22.8 Å². The molecule has 0 bridgehead atoms. The number of benzene rings is 2. The molecule has 0 aromatic heterocycles. The number of carbonyl (C=O) groups excluding carboxylic acids is 2. The Balaban J connectivity index is 2.43. The Morgan fingerprint density at radius 2 is 1.61 bits per heavy atom. The van der Waals surface area contributed by atoms with Crippen LogP contribution in [0.3, 0.4) is 0 Å². The number of nitrogens with zero attached hydrogens (tertiary/aromatic N) is 1. The van der Waals surface area contributed by atoms with E-state index in [2.05, 4.69) is 0 Å². The average Bonchev–Trinajstić information content (AvgIpc) is 2.44. The third kappa shape index (κ3) is 3.89. The van der Waals surface area contributed by atoms with E-state index in [-0.39, 0.29) is 11.9 Å². The summed E-state index contributed by atoms with van der Waals surface area (Å²) in [5, 5.41) is 1.79. The molecule has 2 aromatic rings. The predicted octanol–water partition coefficient (Wildman–Crippen LogP) is 4.63. The van der Waals surface area contributed by atoms with Crippen LogP contribution in [0.25, 0.3) is 10.8 Å². The Morgan fingerprint density at radius 1 is 1.00 bits per heavy atom. The molecule has 0 saturated carbocycles. The first kappa shape index (κ1) is 17.0. The van der Waals surface area contributed by atoms with Crippen LogP contribution >= 0.6 is 0 Å². The van der Waals surface area contributed by atoms with E-state index in [0.717, 1.165) is 10.8 Å². The topological polar surface area (TPSA) is 46.6 Å². The van der Waals surface area contributed by atoms with E-state index in [1.54, 1.807) is 40.7 Å². The number of carbonyl (C=O) groups is 2. The van der Waals surface area contributed by atoms with Crippen molar-refractivity contribution in [3.05, 3.63) is 48.0 Å². The Morgan fingerprint density at radius 3 is 2.22 bits per heavy atom. The van der Waals surface area contributed by atoms with Gasteiger partial charge in [0, 0.05) is 11.6 Å². The van der Waals surface area contributed by atoms with Crippen molar-refractivity contribution in [2.75, 3.05) is 0 Å². The predicted molar refractivity (Wildman–Crippen MR) is 91.5 cm³/mol. The summed E-state index contributed by atoms with van der Waals surface area (Å²) in [6, 6.07) is 12.8. The summed E-state index contributed by atoms with van der Waals surface area (Å²) < 4.78 is 5.38. The molecule has 2 amide bonds. The van der Waals surface area contributed by atoms with Gasteiger partial charge < -0.3 is 4.74 Å². The van der Waals surface area contributed by atoms with Gasteiger partial charge in [0.2, 0.25) is 0 Å². The molecule has 2 rings (SSSR count). The summed E-state index contributed by atoms with van der Waals surface area (Å²) in [5.41, 5.74) is -0.147. The van der Waals surface area contributed by atoms with Crippen LogP contribution in [0.4, 0.5) is 4.79 Å². The molecule has 0 spiro atoms. The second kappa shape index (κ2) is 6.41. The van der Waals surface area contributed by atoms with Crippen LogP contribution in [-0.2, 0) is 4.74 Å². The average molecular weight is 313 g/mol. The fourth-order valence-electron chi connectivity index (χ4n) is 2.38. The molecular weight excluding hydrogens is 290 g/mol. The Bertz CT molecular complexity index is 723. The maximum absolute atomic E-state index is 13.0. The first-order chi connectivity index (χ1) is 10.7. The van der Waals surface area contributed by atoms with Crippen LogP contribution in [-0.4, -0.2) is 28.5 Å². The molecule has 0 fully saturated rings. The van der Waals surface area contributed by atoms with E-state index in [1.165, 1.54) is 4.90 Å². The van der Waals surface area contributed by atoms with Gasteiger partial charge in [-0.3, -0.25) is 4.79 Å². The number of hydrogen-bond acceptors (Lipinski definition) is 3. The molecule has 0 N–H and O–H groups in total. The van der Waals surface area contributed by atoms with E-state index in [0.29, 0.717) is 5.56 Å². The molecule has 0 radical (unpaired) electrons. The van der Waals surface area contributed by atoms with Crippen molar-refractivity contribution in [1.82, 2.24) is 4.90 Å². The van der Waals surface area contributed by atoms with E-state index in [1.807, 2.05) is 36.4 Å². The fourth-order valence-corrected chi connectivity index (χ4v) is 2.38. The van der Waals surface area contributed by atoms with Gasteiger partial charge in [-0.15, -0.1) is 0 Å². The summed E-state index contributed by atoms with van der Waals surface area (Å²) in [7, 11) is 0. The van der Waals surface area contributed by atoms with Gasteiger partial charge in [0.05, 0.1) is 0 Å². The molecular formula is C19H23NO3. The maximum atomic E-state index is 13.0. The van der Waals surface area contributed by atoms with Gasteiger partial charge in [0.25, 0.3) is 5.91 Å². The first-order valence-electron chi connectivity index (χ1n) is 7.75. The minimum atomic E-state index is -0.650. The van der Waals surface area contributed by atoms with Crippen molar-refractivity contribution < 1.29 is 14.3 Å². The van der Waals surface area contributed by atoms with Crippen LogP contribution in [0.15, 0.2) is 42.5 Å². The molecule has 122 valence electrons. The number of fused-ring (bicyclic) bond motifs is 1. The van der Waals surface area contributed by atoms with Gasteiger partial charge >= 0.3 is 6.09 Å². The smallest absolute Gasteiger partial charge is 0.417 e. The molecule has 4 heteroatoms. The number of amides is 2. The highest BCUT2D eigenvalue weighted by molar-refractivity contribution is 6.11. The van der Waals surface area contributed by atoms with E-state index >= 15 is 0 Å². The normalized spacial score (nSPS) is 11.6. The molecule has 23 heavy (non-hydrogen) atoms. The van der Waals surface area contributed by atoms with Gasteiger partial charge in [-0.25, -0.2) is 9.69 Å². The number of ether oxygens (including phenoxy) is 1. The monoisotopic (exact) mass is 313 g/mol. The minimum absolute atomic E-state index is 0.295. The van der Waals surface area contributed by atoms with Gasteiger partial charge in [0.1, 0.15) is 5.60 Å². The zero-order valence-corrected chi connectivity index (χ0v) is 14.3. The van der Waals surface area contributed by atoms with Crippen LogP contribution < -0.4 is 0 Å². The molecule has 0 aliphatic rings. The lowest BCUT2D eigenvalue weighted by Gasteiger charge is -2.29. The molecule has 0 heterocycles. The lowest BCUT2D eigenvalue weighted by molar-refractivity contribution is 0.0192. The van der Waals surface area contributed by atoms with Crippen LogP contribution in [0.1, 0.15) is 45.0 Å². The second-order valence-corrected chi connectivity index (χ2v) is 6.78. The Hall–Kier alpha value is -2.36. The summed E-state index contributed by atoms with van der Waals surface area (Å²) in [5.74, 6) is -0.342. The van der Waals surface area contributed by atoms with Gasteiger partial charge in [-0.05, 0) is 51.5 Å². The maximum Gasteiger partial charge on any atom is 0.417 e. The summed E-state index contributed by atoms with van der Waals surface area (Å²) in [6.07, 6.45) is -0.620. The van der Waals surface area contributed by atoms with Crippen molar-refractivity contribution in [2.24, 2.45) is 0 Å². The Kier molecular flexibility index (Phi) is 4.73. The summed E-state index contributed by atoms with van der Waals surface area (Å²) >= 11 is 0. The molecule has 2 aromatic carbocycles. The fraction of sp³-hybridized carbons (Fsp3) is 0.368. The van der Waals surface area contributed by atoms with Gasteiger partial charge in [-0.1, -0.05) is 36.4 Å². The Labute approximate surface area is 137 Å². The van der Waals surface area contributed by atoms with E-state index in [4.69, 9.17) is 4.74 Å². The van der Waals surface area contributed by atoms with Gasteiger partial charge in [-0.2, -0.15) is 0 Å². The highest BCUT2D eigenvalue weighted by Gasteiger charge is 2.30. The minimum Gasteiger partial charge on any atom is -0.443 e. The van der Waals surface area contributed by atoms with Crippen molar-refractivity contribution in [3.8, 4) is 0 Å². The second-order valence-electron chi connectivity index (χ2n) is 6.78. The lowest BCUT2D eigenvalue weighted by Crippen LogP contribution is -2.44. The molecule has 0 aliphatic heterocycles. The lowest BCUT2D eigenvalue weighted by atomic mass is 10.0. The molecule has 0 aliphatic carbocycles. The zero-order valence-electron chi connectivity index (χ0n) is 14.3. The number of imide groups is 1. The molecule has 4 nitrogen and oxygen atoms in total. The largest absolute Gasteiger partial charge is 0.443 e. The van der Waals surface area contributed by atoms with Crippen molar-refractivity contribution in [1.29, 1.82) is 0 Å². The molecule has 0 atom stereocenters. The quantitative estimate of drug-likeness (QED) is 0.812. The molecule has 0 saturated heterocycles. The molecule has 0 unspecified atom stereocenters. The first-order valence-corrected chi connectivity index (χ1v) is 7.75. The highest BCUT2D eigenvalue weighted by atomic mass is 16.6. The van der Waals surface area contributed by atoms with Gasteiger partial charge in [0.15, 0.2) is 0 Å². The van der Waals surface area contributed by atoms with E-state index in [9.17, 15) is 9.59 Å². The summed E-state index contributed by atoms with van der Waals surface area (Å²) in [4.78, 5) is 26.6. The highest BCUT2D eigenvalue weighted by Crippen LogP contribution is 2.22. The van der Waals surface area contributed by atoms with Crippen LogP contribution in [0.5, 0.6) is 0 Å².